The van der Waals surface area contributed by atoms with Crippen LogP contribution in [-0.4, -0.2) is 28.8 Å². The van der Waals surface area contributed by atoms with Crippen LogP contribution in [0.25, 0.3) is 0 Å². The Morgan fingerprint density at radius 3 is 2.76 bits per heavy atom. The number of rotatable bonds is 6. The number of nitrogens with zero attached hydrogens (tertiary/aromatic N) is 3. The molecule has 1 aliphatic heterocycles. The maximum Gasteiger partial charge on any atom is 0.258 e. The maximum absolute atomic E-state index is 13.7. The Hall–Kier alpha value is -3.71. The molecule has 0 saturated heterocycles. The van der Waals surface area contributed by atoms with Gasteiger partial charge >= 0.3 is 0 Å². The number of allylic oxidation sites excluding steroid dienone is 1. The third-order valence-corrected chi connectivity index (χ3v) is 6.23. The number of hydrogen-bond donors (Lipinski definition) is 2. The van der Waals surface area contributed by atoms with Crippen molar-refractivity contribution in [2.75, 3.05) is 14.2 Å². The summed E-state index contributed by atoms with van der Waals surface area (Å²) < 4.78 is 18.9. The fourth-order valence-corrected chi connectivity index (χ4v) is 4.68. The molecule has 0 radical (unpaired) electrons. The van der Waals surface area contributed by atoms with Crippen LogP contribution in [0.1, 0.15) is 28.4 Å². The number of ether oxygens (including phenoxy) is 3. The van der Waals surface area contributed by atoms with Crippen LogP contribution >= 0.6 is 15.9 Å². The van der Waals surface area contributed by atoms with Crippen LogP contribution in [0.3, 0.4) is 0 Å². The van der Waals surface area contributed by atoms with Crippen molar-refractivity contribution in [3.63, 3.8) is 0 Å². The minimum Gasteiger partial charge on any atom is -0.493 e. The molecular formula is C23H22BrN5O4. The van der Waals surface area contributed by atoms with Crippen LogP contribution in [0, 0.1) is 18.3 Å². The fourth-order valence-electron chi connectivity index (χ4n) is 4.06. The van der Waals surface area contributed by atoms with E-state index in [1.807, 2.05) is 6.92 Å². The smallest absolute Gasteiger partial charge is 0.258 e. The van der Waals surface area contributed by atoms with Crippen molar-refractivity contribution >= 4 is 15.9 Å². The first kappa shape index (κ1) is 22.5. The third kappa shape index (κ3) is 3.96. The lowest BCUT2D eigenvalue weighted by molar-refractivity contribution is 0.352. The molecular weight excluding hydrogens is 490 g/mol. The van der Waals surface area contributed by atoms with Gasteiger partial charge in [-0.15, -0.1) is 0 Å². The number of imidazole rings is 1. The van der Waals surface area contributed by atoms with E-state index < -0.39 is 5.92 Å². The Kier molecular flexibility index (Phi) is 6.16. The van der Waals surface area contributed by atoms with Gasteiger partial charge in [0, 0.05) is 36.6 Å². The molecule has 3 N–H and O–H groups in total. The highest BCUT2D eigenvalue weighted by atomic mass is 79.9. The van der Waals surface area contributed by atoms with E-state index in [-0.39, 0.29) is 17.0 Å². The number of aryl methyl sites for hydroxylation is 2. The van der Waals surface area contributed by atoms with Crippen molar-refractivity contribution in [2.24, 2.45) is 5.73 Å². The number of hydrogen-bond acceptors (Lipinski definition) is 7. The zero-order valence-corrected chi connectivity index (χ0v) is 19.9. The zero-order valence-electron chi connectivity index (χ0n) is 18.3. The number of H-pyrrole nitrogens is 1. The average Bonchev–Trinajstić information content (AvgIpc) is 3.31. The van der Waals surface area contributed by atoms with Crippen LogP contribution in [0.5, 0.6) is 17.2 Å². The standard InChI is InChI=1S/C23H22BrN5O4/c1-12-6-17-20(23(30)29(12)5-4-14-10-27-11-28-14)19(15(9-25)22(26)33-17)13-7-16(24)21(32-3)18(8-13)31-2/h6-8,10-11,19H,4-5,26H2,1-3H3,(H,27,28)/t19-/m0/s1. The number of fused-ring (bicyclic) bond motifs is 1. The first-order valence-corrected chi connectivity index (χ1v) is 10.9. The Balaban J connectivity index is 1.90. The van der Waals surface area contributed by atoms with E-state index >= 15 is 0 Å². The number of halogens is 1. The zero-order chi connectivity index (χ0) is 23.7. The molecule has 10 heteroatoms. The molecule has 3 aromatic rings. The summed E-state index contributed by atoms with van der Waals surface area (Å²) in [5.74, 6) is 0.529. The van der Waals surface area contributed by atoms with E-state index in [1.54, 1.807) is 35.3 Å². The number of aromatic amines is 1. The second kappa shape index (κ2) is 9.03. The first-order chi connectivity index (χ1) is 15.9. The molecule has 1 aromatic carbocycles. The van der Waals surface area contributed by atoms with Crippen molar-refractivity contribution in [2.45, 2.75) is 25.8 Å². The predicted octanol–water partition coefficient (Wildman–Crippen LogP) is 3.12. The van der Waals surface area contributed by atoms with Gasteiger partial charge in [0.1, 0.15) is 17.4 Å². The van der Waals surface area contributed by atoms with Gasteiger partial charge in [0.25, 0.3) is 5.56 Å². The van der Waals surface area contributed by atoms with Crippen molar-refractivity contribution in [3.8, 4) is 23.3 Å². The Morgan fingerprint density at radius 1 is 1.33 bits per heavy atom. The highest BCUT2D eigenvalue weighted by molar-refractivity contribution is 9.10. The highest BCUT2D eigenvalue weighted by Gasteiger charge is 2.35. The summed E-state index contributed by atoms with van der Waals surface area (Å²) in [6, 6.07) is 7.43. The van der Waals surface area contributed by atoms with Gasteiger partial charge < -0.3 is 29.5 Å². The molecule has 0 aliphatic carbocycles. The molecule has 9 nitrogen and oxygen atoms in total. The van der Waals surface area contributed by atoms with Gasteiger partial charge in [0.2, 0.25) is 5.88 Å². The molecule has 170 valence electrons. The van der Waals surface area contributed by atoms with Crippen molar-refractivity contribution in [3.05, 3.63) is 79.5 Å². The SMILES string of the molecule is COc1cc([C@H]2C(C#N)=C(N)Oc3cc(C)n(CCc4cnc[nH]4)c(=O)c32)cc(Br)c1OC. The molecule has 3 heterocycles. The van der Waals surface area contributed by atoms with Gasteiger partial charge in [-0.05, 0) is 40.5 Å². The highest BCUT2D eigenvalue weighted by Crippen LogP contribution is 2.45. The lowest BCUT2D eigenvalue weighted by atomic mass is 9.84. The van der Waals surface area contributed by atoms with E-state index in [4.69, 9.17) is 19.9 Å². The molecule has 2 aromatic heterocycles. The van der Waals surface area contributed by atoms with Crippen molar-refractivity contribution in [1.82, 2.24) is 14.5 Å². The van der Waals surface area contributed by atoms with Gasteiger partial charge in [-0.3, -0.25) is 4.79 Å². The lowest BCUT2D eigenvalue weighted by Gasteiger charge is -2.28. The number of nitriles is 1. The topological polar surface area (TPSA) is 128 Å². The Bertz CT molecular complexity index is 1340. The predicted molar refractivity (Wildman–Crippen MR) is 124 cm³/mol. The minimum absolute atomic E-state index is 0.0325. The molecule has 0 saturated carbocycles. The number of nitrogens with two attached hydrogens (primary N) is 1. The number of nitrogens with one attached hydrogen (secondary N) is 1. The summed E-state index contributed by atoms with van der Waals surface area (Å²) in [6.07, 6.45) is 3.92. The van der Waals surface area contributed by atoms with E-state index in [0.717, 1.165) is 11.4 Å². The molecule has 0 bridgehead atoms. The van der Waals surface area contributed by atoms with Gasteiger partial charge in [0.15, 0.2) is 11.5 Å². The van der Waals surface area contributed by atoms with Crippen molar-refractivity contribution < 1.29 is 14.2 Å². The van der Waals surface area contributed by atoms with Crippen LogP contribution in [0.2, 0.25) is 0 Å². The average molecular weight is 512 g/mol. The summed E-state index contributed by atoms with van der Waals surface area (Å²) in [7, 11) is 3.05. The second-order valence-corrected chi connectivity index (χ2v) is 8.36. The summed E-state index contributed by atoms with van der Waals surface area (Å²) in [6.45, 7) is 2.27. The minimum atomic E-state index is -0.735. The van der Waals surface area contributed by atoms with Crippen LogP contribution in [-0.2, 0) is 13.0 Å². The second-order valence-electron chi connectivity index (χ2n) is 7.51. The molecule has 33 heavy (non-hydrogen) atoms. The largest absolute Gasteiger partial charge is 0.493 e. The first-order valence-electron chi connectivity index (χ1n) is 10.1. The summed E-state index contributed by atoms with van der Waals surface area (Å²) in [5, 5.41) is 9.90. The quantitative estimate of drug-likeness (QED) is 0.520. The molecule has 1 atom stereocenters. The maximum atomic E-state index is 13.7. The molecule has 4 rings (SSSR count). The molecule has 0 unspecified atom stereocenters. The van der Waals surface area contributed by atoms with Gasteiger partial charge in [-0.25, -0.2) is 4.98 Å². The van der Waals surface area contributed by atoms with Crippen LogP contribution < -0.4 is 25.5 Å². The summed E-state index contributed by atoms with van der Waals surface area (Å²) >= 11 is 3.49. The number of pyridine rings is 1. The third-order valence-electron chi connectivity index (χ3n) is 5.64. The van der Waals surface area contributed by atoms with E-state index in [0.29, 0.717) is 45.8 Å². The monoisotopic (exact) mass is 511 g/mol. The van der Waals surface area contributed by atoms with E-state index in [1.165, 1.54) is 14.2 Å². The molecule has 0 fully saturated rings. The van der Waals surface area contributed by atoms with Crippen LogP contribution in [0.15, 0.2) is 51.4 Å². The molecule has 0 spiro atoms. The van der Waals surface area contributed by atoms with Gasteiger partial charge in [-0.2, -0.15) is 5.26 Å². The molecule has 0 amide bonds. The number of methoxy groups -OCH3 is 2. The summed E-state index contributed by atoms with van der Waals surface area (Å²) in [4.78, 5) is 20.8. The normalized spacial score (nSPS) is 14.9. The lowest BCUT2D eigenvalue weighted by Crippen LogP contribution is -2.33. The van der Waals surface area contributed by atoms with E-state index in [2.05, 4.69) is 32.0 Å². The van der Waals surface area contributed by atoms with Crippen LogP contribution in [0.4, 0.5) is 0 Å². The van der Waals surface area contributed by atoms with Gasteiger partial charge in [-0.1, -0.05) is 0 Å². The Morgan fingerprint density at radius 2 is 2.12 bits per heavy atom. The van der Waals surface area contributed by atoms with E-state index in [9.17, 15) is 10.1 Å². The fraction of sp³-hybridized carbons (Fsp3) is 0.261. The number of aromatic nitrogens is 3. The number of benzene rings is 1. The summed E-state index contributed by atoms with van der Waals surface area (Å²) in [5.41, 5.74) is 8.63. The van der Waals surface area contributed by atoms with Crippen molar-refractivity contribution in [1.29, 1.82) is 5.26 Å². The van der Waals surface area contributed by atoms with Gasteiger partial charge in [0.05, 0.1) is 36.5 Å². The Labute approximate surface area is 198 Å². The molecule has 1 aliphatic rings.